The molecule has 5 atom stereocenters. The molecule has 1 saturated heterocycles. The highest BCUT2D eigenvalue weighted by Gasteiger charge is 2.47. The number of methoxy groups -OCH3 is 1. The largest absolute Gasteiger partial charge is 0.376 e. The van der Waals surface area contributed by atoms with Gasteiger partial charge in [0.2, 0.25) is 0 Å². The number of benzene rings is 3. The van der Waals surface area contributed by atoms with Gasteiger partial charge < -0.3 is 28.8 Å². The zero-order valence-corrected chi connectivity index (χ0v) is 19.4. The van der Waals surface area contributed by atoms with Crippen molar-refractivity contribution in [1.82, 2.24) is 0 Å². The van der Waals surface area contributed by atoms with Crippen LogP contribution in [0.25, 0.3) is 0 Å². The van der Waals surface area contributed by atoms with E-state index in [1.165, 1.54) is 0 Å². The Morgan fingerprint density at radius 2 is 1.12 bits per heavy atom. The summed E-state index contributed by atoms with van der Waals surface area (Å²) in [5, 5.41) is 10.8. The monoisotopic (exact) mass is 464 g/mol. The Labute approximate surface area is 201 Å². The van der Waals surface area contributed by atoms with Gasteiger partial charge in [-0.05, 0) is 16.7 Å². The van der Waals surface area contributed by atoms with E-state index in [9.17, 15) is 5.11 Å². The first-order valence-electron chi connectivity index (χ1n) is 11.5. The van der Waals surface area contributed by atoms with Crippen LogP contribution in [0.3, 0.4) is 0 Å². The Balaban J connectivity index is 1.45. The minimum Gasteiger partial charge on any atom is -0.376 e. The Hall–Kier alpha value is -2.58. The molecule has 0 amide bonds. The van der Waals surface area contributed by atoms with Gasteiger partial charge in [0, 0.05) is 7.11 Å². The molecule has 6 nitrogen and oxygen atoms in total. The quantitative estimate of drug-likeness (QED) is 0.461. The van der Waals surface area contributed by atoms with Crippen molar-refractivity contribution in [3.63, 3.8) is 0 Å². The molecule has 0 bridgehead atoms. The molecular weight excluding hydrogens is 432 g/mol. The van der Waals surface area contributed by atoms with Crippen LogP contribution in [0.1, 0.15) is 16.7 Å². The molecule has 0 aromatic heterocycles. The van der Waals surface area contributed by atoms with Crippen LogP contribution in [0.15, 0.2) is 91.0 Å². The lowest BCUT2D eigenvalue weighted by Crippen LogP contribution is -2.61. The smallest absolute Gasteiger partial charge is 0.184 e. The fourth-order valence-electron chi connectivity index (χ4n) is 4.08. The molecule has 3 aromatic rings. The van der Waals surface area contributed by atoms with Gasteiger partial charge in [-0.1, -0.05) is 91.0 Å². The topological polar surface area (TPSA) is 66.4 Å². The maximum absolute atomic E-state index is 10.8. The second-order valence-corrected chi connectivity index (χ2v) is 8.29. The minimum absolute atomic E-state index is 0.247. The van der Waals surface area contributed by atoms with Gasteiger partial charge in [-0.15, -0.1) is 0 Å². The first kappa shape index (κ1) is 24.5. The summed E-state index contributed by atoms with van der Waals surface area (Å²) in [4.78, 5) is 0. The van der Waals surface area contributed by atoms with Gasteiger partial charge in [-0.3, -0.25) is 0 Å². The highest BCUT2D eigenvalue weighted by molar-refractivity contribution is 5.15. The summed E-state index contributed by atoms with van der Waals surface area (Å²) in [5.74, 6) is 0. The first-order chi connectivity index (χ1) is 16.7. The minimum atomic E-state index is -1.17. The summed E-state index contributed by atoms with van der Waals surface area (Å²) in [6.07, 6.45) is -3.44. The summed E-state index contributed by atoms with van der Waals surface area (Å²) in [7, 11) is 1.60. The second kappa shape index (κ2) is 12.8. The molecule has 34 heavy (non-hydrogen) atoms. The lowest BCUT2D eigenvalue weighted by atomic mass is 9.98. The fraction of sp³-hybridized carbons (Fsp3) is 0.357. The van der Waals surface area contributed by atoms with Crippen molar-refractivity contribution in [3.8, 4) is 0 Å². The third kappa shape index (κ3) is 6.73. The Morgan fingerprint density at radius 1 is 0.647 bits per heavy atom. The van der Waals surface area contributed by atoms with Gasteiger partial charge in [0.25, 0.3) is 0 Å². The van der Waals surface area contributed by atoms with Crippen molar-refractivity contribution >= 4 is 0 Å². The summed E-state index contributed by atoms with van der Waals surface area (Å²) >= 11 is 0. The summed E-state index contributed by atoms with van der Waals surface area (Å²) in [6, 6.07) is 29.6. The van der Waals surface area contributed by atoms with Crippen LogP contribution in [-0.4, -0.2) is 49.5 Å². The van der Waals surface area contributed by atoms with Crippen molar-refractivity contribution < 1.29 is 28.8 Å². The fourth-order valence-corrected chi connectivity index (χ4v) is 4.08. The van der Waals surface area contributed by atoms with Crippen LogP contribution in [0.2, 0.25) is 0 Å². The van der Waals surface area contributed by atoms with Crippen LogP contribution in [0.4, 0.5) is 0 Å². The van der Waals surface area contributed by atoms with E-state index in [1.54, 1.807) is 7.11 Å². The Morgan fingerprint density at radius 3 is 1.62 bits per heavy atom. The van der Waals surface area contributed by atoms with Crippen LogP contribution < -0.4 is 0 Å². The molecule has 0 spiro atoms. The standard InChI is InChI=1S/C28H32O6/c1-30-26-25(32-18-22-13-7-3-8-14-22)24(20-31-17-21-11-5-2-6-12-21)34-28(29)27(26)33-19-23-15-9-4-10-16-23/h2-16,24-29H,17-20H2,1H3/t24-,25-,26+,27-,28?/m1/s1. The zero-order valence-electron chi connectivity index (χ0n) is 19.4. The van der Waals surface area contributed by atoms with Gasteiger partial charge in [0.1, 0.15) is 24.4 Å². The lowest BCUT2D eigenvalue weighted by Gasteiger charge is -2.44. The third-order valence-electron chi connectivity index (χ3n) is 5.85. The van der Waals surface area contributed by atoms with E-state index in [0.29, 0.717) is 19.8 Å². The number of hydrogen-bond acceptors (Lipinski definition) is 6. The SMILES string of the molecule is CO[C@H]1[C@H](OCc2ccccc2)[C@@H](COCc2ccccc2)OC(O)[C@@H]1OCc1ccccc1. The van der Waals surface area contributed by atoms with E-state index in [-0.39, 0.29) is 6.61 Å². The highest BCUT2D eigenvalue weighted by Crippen LogP contribution is 2.29. The van der Waals surface area contributed by atoms with Gasteiger partial charge in [-0.25, -0.2) is 0 Å². The van der Waals surface area contributed by atoms with Gasteiger partial charge in [0.15, 0.2) is 6.29 Å². The first-order valence-corrected chi connectivity index (χ1v) is 11.5. The van der Waals surface area contributed by atoms with Gasteiger partial charge in [0.05, 0.1) is 26.4 Å². The van der Waals surface area contributed by atoms with Crippen molar-refractivity contribution in [2.75, 3.05) is 13.7 Å². The van der Waals surface area contributed by atoms with E-state index in [4.69, 9.17) is 23.7 Å². The van der Waals surface area contributed by atoms with Crippen LogP contribution in [0, 0.1) is 0 Å². The highest BCUT2D eigenvalue weighted by atomic mass is 16.7. The molecule has 0 saturated carbocycles. The van der Waals surface area contributed by atoms with E-state index in [0.717, 1.165) is 16.7 Å². The third-order valence-corrected chi connectivity index (χ3v) is 5.85. The van der Waals surface area contributed by atoms with Crippen molar-refractivity contribution in [1.29, 1.82) is 0 Å². The van der Waals surface area contributed by atoms with Crippen LogP contribution >= 0.6 is 0 Å². The summed E-state index contributed by atoms with van der Waals surface area (Å²) < 4.78 is 30.1. The average molecular weight is 465 g/mol. The van der Waals surface area contributed by atoms with E-state index in [1.807, 2.05) is 91.0 Å². The Kier molecular flexibility index (Phi) is 9.21. The summed E-state index contributed by atoms with van der Waals surface area (Å²) in [5.41, 5.74) is 3.10. The molecule has 0 radical (unpaired) electrons. The van der Waals surface area contributed by atoms with Crippen LogP contribution in [0.5, 0.6) is 0 Å². The van der Waals surface area contributed by atoms with Gasteiger partial charge >= 0.3 is 0 Å². The molecule has 1 heterocycles. The normalized spacial score (nSPS) is 24.7. The molecule has 4 rings (SSSR count). The van der Waals surface area contributed by atoms with Gasteiger partial charge in [-0.2, -0.15) is 0 Å². The predicted molar refractivity (Wildman–Crippen MR) is 128 cm³/mol. The number of aliphatic hydroxyl groups is 1. The maximum Gasteiger partial charge on any atom is 0.184 e. The predicted octanol–water partition coefficient (Wildman–Crippen LogP) is 4.11. The van der Waals surface area contributed by atoms with Crippen LogP contribution in [-0.2, 0) is 43.5 Å². The molecule has 1 aliphatic rings. The number of ether oxygens (including phenoxy) is 5. The van der Waals surface area contributed by atoms with Crippen molar-refractivity contribution in [3.05, 3.63) is 108 Å². The average Bonchev–Trinajstić information content (AvgIpc) is 2.89. The van der Waals surface area contributed by atoms with E-state index >= 15 is 0 Å². The molecule has 1 N–H and O–H groups in total. The molecule has 1 aliphatic heterocycles. The zero-order chi connectivity index (χ0) is 23.6. The summed E-state index contributed by atoms with van der Waals surface area (Å²) in [6.45, 7) is 1.39. The molecule has 6 heteroatoms. The Bertz CT molecular complexity index is 952. The maximum atomic E-state index is 10.8. The second-order valence-electron chi connectivity index (χ2n) is 8.29. The number of aliphatic hydroxyl groups excluding tert-OH is 1. The number of hydrogen-bond donors (Lipinski definition) is 1. The van der Waals surface area contributed by atoms with Crippen molar-refractivity contribution in [2.24, 2.45) is 0 Å². The number of rotatable bonds is 11. The molecular formula is C28H32O6. The lowest BCUT2D eigenvalue weighted by molar-refractivity contribution is -0.312. The van der Waals surface area contributed by atoms with Crippen molar-refractivity contribution in [2.45, 2.75) is 50.5 Å². The van der Waals surface area contributed by atoms with E-state index in [2.05, 4.69) is 0 Å². The molecule has 180 valence electrons. The molecule has 1 fully saturated rings. The molecule has 3 aromatic carbocycles. The molecule has 1 unspecified atom stereocenters. The molecule has 0 aliphatic carbocycles. The van der Waals surface area contributed by atoms with E-state index < -0.39 is 30.7 Å².